The number of nitrogen functional groups attached to an aromatic ring is 1. The molecule has 2 aromatic heterocycles. The van der Waals surface area contributed by atoms with Crippen molar-refractivity contribution in [2.45, 2.75) is 18.6 Å². The molecule has 25 heavy (non-hydrogen) atoms. The SMILES string of the molecule is Cc1ccc(CNC(=O)CSc2nnc(-c3cccs3)n2N)cc1F. The molecule has 0 saturated carbocycles. The minimum absolute atomic E-state index is 0.147. The lowest BCUT2D eigenvalue weighted by Crippen LogP contribution is -2.25. The molecule has 1 aromatic carbocycles. The first-order valence-electron chi connectivity index (χ1n) is 7.43. The summed E-state index contributed by atoms with van der Waals surface area (Å²) in [6.45, 7) is 1.97. The van der Waals surface area contributed by atoms with E-state index in [4.69, 9.17) is 5.84 Å². The summed E-state index contributed by atoms with van der Waals surface area (Å²) in [5.74, 6) is 6.22. The van der Waals surface area contributed by atoms with Gasteiger partial charge < -0.3 is 11.2 Å². The molecule has 0 aliphatic heterocycles. The predicted octanol–water partition coefficient (Wildman–Crippen LogP) is 2.58. The van der Waals surface area contributed by atoms with Crippen molar-refractivity contribution in [2.75, 3.05) is 11.6 Å². The van der Waals surface area contributed by atoms with Gasteiger partial charge in [0.05, 0.1) is 10.6 Å². The number of halogens is 1. The maximum Gasteiger partial charge on any atom is 0.230 e. The molecule has 0 aliphatic carbocycles. The summed E-state index contributed by atoms with van der Waals surface area (Å²) in [6, 6.07) is 8.71. The van der Waals surface area contributed by atoms with E-state index in [-0.39, 0.29) is 24.0 Å². The summed E-state index contributed by atoms with van der Waals surface area (Å²) < 4.78 is 14.9. The Kier molecular flexibility index (Phi) is 5.34. The molecule has 0 fully saturated rings. The van der Waals surface area contributed by atoms with E-state index in [1.807, 2.05) is 17.5 Å². The monoisotopic (exact) mass is 377 g/mol. The zero-order valence-corrected chi connectivity index (χ0v) is 15.0. The van der Waals surface area contributed by atoms with E-state index in [1.165, 1.54) is 33.8 Å². The highest BCUT2D eigenvalue weighted by Gasteiger charge is 2.14. The third-order valence-corrected chi connectivity index (χ3v) is 5.27. The number of carbonyl (C=O) groups is 1. The number of nitrogens with one attached hydrogen (secondary N) is 1. The lowest BCUT2D eigenvalue weighted by atomic mass is 10.1. The Morgan fingerprint density at radius 3 is 2.96 bits per heavy atom. The summed E-state index contributed by atoms with van der Waals surface area (Å²) >= 11 is 2.71. The molecule has 0 atom stereocenters. The standard InChI is InChI=1S/C16H16FN5OS2/c1-10-4-5-11(7-12(10)17)8-19-14(23)9-25-16-21-20-15(22(16)18)13-3-2-6-24-13/h2-7H,8-9,18H2,1H3,(H,19,23). The fraction of sp³-hybridized carbons (Fsp3) is 0.188. The van der Waals surface area contributed by atoms with Gasteiger partial charge in [0, 0.05) is 6.54 Å². The molecular formula is C16H16FN5OS2. The number of nitrogens with zero attached hydrogens (tertiary/aromatic N) is 3. The van der Waals surface area contributed by atoms with Crippen molar-refractivity contribution in [2.24, 2.45) is 0 Å². The number of nitrogens with two attached hydrogens (primary N) is 1. The first-order valence-corrected chi connectivity index (χ1v) is 9.30. The average Bonchev–Trinajstić information content (AvgIpc) is 3.24. The first kappa shape index (κ1) is 17.4. The number of thiophene rings is 1. The fourth-order valence-electron chi connectivity index (χ4n) is 2.08. The molecule has 3 rings (SSSR count). The van der Waals surface area contributed by atoms with Gasteiger partial charge in [0.2, 0.25) is 11.1 Å². The fourth-order valence-corrected chi connectivity index (χ4v) is 3.47. The molecule has 3 aromatic rings. The molecule has 0 bridgehead atoms. The normalized spacial score (nSPS) is 10.8. The maximum atomic E-state index is 13.5. The molecule has 2 heterocycles. The minimum atomic E-state index is -0.279. The number of hydrogen-bond donors (Lipinski definition) is 2. The van der Waals surface area contributed by atoms with Crippen LogP contribution in [-0.2, 0) is 11.3 Å². The van der Waals surface area contributed by atoms with Crippen LogP contribution in [-0.4, -0.2) is 26.5 Å². The van der Waals surface area contributed by atoms with Crippen LogP contribution in [0, 0.1) is 12.7 Å². The van der Waals surface area contributed by atoms with Gasteiger partial charge in [-0.05, 0) is 35.6 Å². The van der Waals surface area contributed by atoms with Gasteiger partial charge in [-0.2, -0.15) is 0 Å². The highest BCUT2D eigenvalue weighted by atomic mass is 32.2. The van der Waals surface area contributed by atoms with E-state index in [0.29, 0.717) is 22.1 Å². The Labute approximate surface area is 152 Å². The topological polar surface area (TPSA) is 85.8 Å². The lowest BCUT2D eigenvalue weighted by molar-refractivity contribution is -0.118. The van der Waals surface area contributed by atoms with Crippen LogP contribution in [0.2, 0.25) is 0 Å². The molecule has 3 N–H and O–H groups in total. The van der Waals surface area contributed by atoms with Crippen LogP contribution in [0.15, 0.2) is 40.9 Å². The largest absolute Gasteiger partial charge is 0.351 e. The molecule has 9 heteroatoms. The van der Waals surface area contributed by atoms with E-state index in [2.05, 4.69) is 15.5 Å². The van der Waals surface area contributed by atoms with Gasteiger partial charge in [0.25, 0.3) is 0 Å². The number of aromatic nitrogens is 3. The van der Waals surface area contributed by atoms with E-state index < -0.39 is 0 Å². The highest BCUT2D eigenvalue weighted by molar-refractivity contribution is 7.99. The van der Waals surface area contributed by atoms with Crippen molar-refractivity contribution in [3.63, 3.8) is 0 Å². The maximum absolute atomic E-state index is 13.5. The zero-order valence-electron chi connectivity index (χ0n) is 13.4. The molecule has 0 spiro atoms. The second-order valence-corrected chi connectivity index (χ2v) is 7.19. The summed E-state index contributed by atoms with van der Waals surface area (Å²) in [4.78, 5) is 12.9. The van der Waals surface area contributed by atoms with Gasteiger partial charge in [-0.3, -0.25) is 4.79 Å². The van der Waals surface area contributed by atoms with E-state index in [1.54, 1.807) is 19.1 Å². The number of rotatable bonds is 6. The Morgan fingerprint density at radius 2 is 2.24 bits per heavy atom. The molecule has 0 unspecified atom stereocenters. The van der Waals surface area contributed by atoms with Crippen LogP contribution in [0.5, 0.6) is 0 Å². The molecule has 0 saturated heterocycles. The number of benzene rings is 1. The Balaban J connectivity index is 1.53. The van der Waals surface area contributed by atoms with Gasteiger partial charge in [0.1, 0.15) is 5.82 Å². The number of hydrogen-bond acceptors (Lipinski definition) is 6. The zero-order chi connectivity index (χ0) is 17.8. The van der Waals surface area contributed by atoms with Gasteiger partial charge in [-0.25, -0.2) is 9.07 Å². The third-order valence-electron chi connectivity index (χ3n) is 3.46. The van der Waals surface area contributed by atoms with Crippen molar-refractivity contribution in [1.29, 1.82) is 0 Å². The van der Waals surface area contributed by atoms with Crippen LogP contribution in [0.4, 0.5) is 4.39 Å². The third kappa shape index (κ3) is 4.18. The number of aryl methyl sites for hydroxylation is 1. The number of thioether (sulfide) groups is 1. The van der Waals surface area contributed by atoms with Crippen LogP contribution >= 0.6 is 23.1 Å². The van der Waals surface area contributed by atoms with E-state index >= 15 is 0 Å². The Bertz CT molecular complexity index is 879. The highest BCUT2D eigenvalue weighted by Crippen LogP contribution is 2.24. The second kappa shape index (κ2) is 7.66. The summed E-state index contributed by atoms with van der Waals surface area (Å²) in [5, 5.41) is 13.2. The van der Waals surface area contributed by atoms with Crippen molar-refractivity contribution in [1.82, 2.24) is 20.2 Å². The van der Waals surface area contributed by atoms with Crippen LogP contribution in [0.3, 0.4) is 0 Å². The Hall–Kier alpha value is -2.39. The van der Waals surface area contributed by atoms with Gasteiger partial charge in [-0.1, -0.05) is 30.0 Å². The molecule has 0 aliphatic rings. The van der Waals surface area contributed by atoms with Gasteiger partial charge >= 0.3 is 0 Å². The van der Waals surface area contributed by atoms with Crippen molar-refractivity contribution in [3.05, 3.63) is 52.7 Å². The quantitative estimate of drug-likeness (QED) is 0.509. The molecule has 6 nitrogen and oxygen atoms in total. The van der Waals surface area contributed by atoms with E-state index in [0.717, 1.165) is 4.88 Å². The summed E-state index contributed by atoms with van der Waals surface area (Å²) in [5.41, 5.74) is 1.29. The smallest absolute Gasteiger partial charge is 0.230 e. The van der Waals surface area contributed by atoms with Crippen LogP contribution in [0.25, 0.3) is 10.7 Å². The summed E-state index contributed by atoms with van der Waals surface area (Å²) in [7, 11) is 0. The predicted molar refractivity (Wildman–Crippen MR) is 97.2 cm³/mol. The van der Waals surface area contributed by atoms with Gasteiger partial charge in [-0.15, -0.1) is 21.5 Å². The second-order valence-electron chi connectivity index (χ2n) is 5.30. The molecular weight excluding hydrogens is 361 g/mol. The van der Waals surface area contributed by atoms with Crippen LogP contribution < -0.4 is 11.2 Å². The van der Waals surface area contributed by atoms with Crippen LogP contribution in [0.1, 0.15) is 11.1 Å². The van der Waals surface area contributed by atoms with Crippen molar-refractivity contribution in [3.8, 4) is 10.7 Å². The molecule has 0 radical (unpaired) electrons. The Morgan fingerprint density at radius 1 is 1.40 bits per heavy atom. The average molecular weight is 377 g/mol. The molecule has 130 valence electrons. The first-order chi connectivity index (χ1) is 12.0. The molecule has 1 amide bonds. The number of amides is 1. The van der Waals surface area contributed by atoms with Gasteiger partial charge in [0.15, 0.2) is 5.82 Å². The number of carbonyl (C=O) groups excluding carboxylic acids is 1. The van der Waals surface area contributed by atoms with Crippen molar-refractivity contribution < 1.29 is 9.18 Å². The lowest BCUT2D eigenvalue weighted by Gasteiger charge is -2.06. The van der Waals surface area contributed by atoms with Crippen molar-refractivity contribution >= 4 is 29.0 Å². The minimum Gasteiger partial charge on any atom is -0.351 e. The summed E-state index contributed by atoms with van der Waals surface area (Å²) in [6.07, 6.45) is 0. The van der Waals surface area contributed by atoms with E-state index in [9.17, 15) is 9.18 Å².